The highest BCUT2D eigenvalue weighted by Crippen LogP contribution is 2.21. The van der Waals surface area contributed by atoms with E-state index in [2.05, 4.69) is 10.3 Å². The van der Waals surface area contributed by atoms with Crippen molar-refractivity contribution in [3.63, 3.8) is 0 Å². The molecule has 2 rings (SSSR count). The highest BCUT2D eigenvalue weighted by molar-refractivity contribution is 7.11. The van der Waals surface area contributed by atoms with Gasteiger partial charge < -0.3 is 10.1 Å². The minimum absolute atomic E-state index is 0.119. The van der Waals surface area contributed by atoms with Gasteiger partial charge in [0, 0.05) is 4.88 Å². The zero-order valence-electron chi connectivity index (χ0n) is 13.7. The van der Waals surface area contributed by atoms with E-state index < -0.39 is 6.10 Å². The van der Waals surface area contributed by atoms with Crippen LogP contribution in [0.2, 0.25) is 0 Å². The fraction of sp³-hybridized carbons (Fsp3) is 0.412. The van der Waals surface area contributed by atoms with Gasteiger partial charge in [0.15, 0.2) is 6.10 Å². The van der Waals surface area contributed by atoms with Crippen molar-refractivity contribution < 1.29 is 9.53 Å². The molecule has 1 atom stereocenters. The van der Waals surface area contributed by atoms with E-state index in [-0.39, 0.29) is 5.91 Å². The quantitative estimate of drug-likeness (QED) is 0.918. The molecule has 1 amide bonds. The van der Waals surface area contributed by atoms with Crippen LogP contribution in [0, 0.1) is 27.7 Å². The largest absolute Gasteiger partial charge is 0.481 e. The van der Waals surface area contributed by atoms with Crippen LogP contribution in [0.1, 0.15) is 33.6 Å². The van der Waals surface area contributed by atoms with E-state index in [0.29, 0.717) is 6.54 Å². The number of benzene rings is 1. The van der Waals surface area contributed by atoms with Crippen molar-refractivity contribution in [3.05, 3.63) is 44.9 Å². The molecule has 22 heavy (non-hydrogen) atoms. The Morgan fingerprint density at radius 2 is 2.05 bits per heavy atom. The summed E-state index contributed by atoms with van der Waals surface area (Å²) in [4.78, 5) is 17.6. The summed E-state index contributed by atoms with van der Waals surface area (Å²) in [5, 5.41) is 3.93. The molecule has 4 nitrogen and oxygen atoms in total. The molecule has 0 saturated carbocycles. The van der Waals surface area contributed by atoms with Crippen molar-refractivity contribution in [2.45, 2.75) is 47.3 Å². The number of rotatable bonds is 5. The minimum atomic E-state index is -0.533. The second kappa shape index (κ2) is 6.92. The number of carbonyl (C=O) groups is 1. The fourth-order valence-electron chi connectivity index (χ4n) is 2.13. The third-order valence-corrected chi connectivity index (χ3v) is 4.51. The number of hydrogen-bond acceptors (Lipinski definition) is 4. The molecule has 1 unspecified atom stereocenters. The van der Waals surface area contributed by atoms with Gasteiger partial charge in [0.25, 0.3) is 5.91 Å². The molecule has 0 aliphatic heterocycles. The van der Waals surface area contributed by atoms with Crippen molar-refractivity contribution in [2.75, 3.05) is 0 Å². The second-order valence-electron chi connectivity index (χ2n) is 5.49. The standard InChI is InChI=1S/C17H22N2O2S/c1-10-6-7-11(2)15(8-10)21-13(4)17(20)18-9-16-12(3)19-14(5)22-16/h6-8,13H,9H2,1-5H3,(H,18,20). The predicted molar refractivity (Wildman–Crippen MR) is 89.4 cm³/mol. The smallest absolute Gasteiger partial charge is 0.261 e. The van der Waals surface area contributed by atoms with Gasteiger partial charge in [-0.3, -0.25) is 4.79 Å². The molecule has 1 aromatic carbocycles. The van der Waals surface area contributed by atoms with Crippen LogP contribution in [0.4, 0.5) is 0 Å². The summed E-state index contributed by atoms with van der Waals surface area (Å²) in [5.41, 5.74) is 3.12. The number of hydrogen-bond donors (Lipinski definition) is 1. The molecule has 0 aliphatic rings. The Bertz CT molecular complexity index is 679. The van der Waals surface area contributed by atoms with Crippen LogP contribution in [0.25, 0.3) is 0 Å². The summed E-state index contributed by atoms with van der Waals surface area (Å²) in [5.74, 6) is 0.638. The molecule has 118 valence electrons. The SMILES string of the molecule is Cc1ccc(C)c(OC(C)C(=O)NCc2sc(C)nc2C)c1. The number of amides is 1. The van der Waals surface area contributed by atoms with Crippen LogP contribution in [0.3, 0.4) is 0 Å². The molecule has 1 heterocycles. The molecule has 1 N–H and O–H groups in total. The van der Waals surface area contributed by atoms with Crippen LogP contribution < -0.4 is 10.1 Å². The van der Waals surface area contributed by atoms with Gasteiger partial charge in [0.05, 0.1) is 17.2 Å². The molecule has 2 aromatic rings. The zero-order chi connectivity index (χ0) is 16.3. The average molecular weight is 318 g/mol. The van der Waals surface area contributed by atoms with Crippen molar-refractivity contribution in [3.8, 4) is 5.75 Å². The Balaban J connectivity index is 1.94. The van der Waals surface area contributed by atoms with Gasteiger partial charge in [0.2, 0.25) is 0 Å². The van der Waals surface area contributed by atoms with E-state index in [1.165, 1.54) is 0 Å². The number of aromatic nitrogens is 1. The molecule has 0 bridgehead atoms. The third-order valence-electron chi connectivity index (χ3n) is 3.44. The van der Waals surface area contributed by atoms with Gasteiger partial charge in [-0.15, -0.1) is 11.3 Å². The molecular weight excluding hydrogens is 296 g/mol. The molecule has 5 heteroatoms. The number of nitrogens with one attached hydrogen (secondary N) is 1. The summed E-state index contributed by atoms with van der Waals surface area (Å²) in [6.07, 6.45) is -0.533. The first-order valence-electron chi connectivity index (χ1n) is 7.31. The number of nitrogens with zero attached hydrogens (tertiary/aromatic N) is 1. The van der Waals surface area contributed by atoms with Crippen LogP contribution in [-0.2, 0) is 11.3 Å². The van der Waals surface area contributed by atoms with Gasteiger partial charge in [0.1, 0.15) is 5.75 Å². The normalized spacial score (nSPS) is 12.0. The van der Waals surface area contributed by atoms with Crippen molar-refractivity contribution in [2.24, 2.45) is 0 Å². The number of ether oxygens (including phenoxy) is 1. The lowest BCUT2D eigenvalue weighted by Gasteiger charge is -2.16. The summed E-state index contributed by atoms with van der Waals surface area (Å²) < 4.78 is 5.79. The molecule has 1 aromatic heterocycles. The molecular formula is C17H22N2O2S. The Labute approximate surface area is 135 Å². The highest BCUT2D eigenvalue weighted by atomic mass is 32.1. The molecule has 0 radical (unpaired) electrons. The number of carbonyl (C=O) groups excluding carboxylic acids is 1. The first kappa shape index (κ1) is 16.5. The summed E-state index contributed by atoms with van der Waals surface area (Å²) in [6.45, 7) is 10.2. The molecule has 0 spiro atoms. The maximum absolute atomic E-state index is 12.2. The van der Waals surface area contributed by atoms with Gasteiger partial charge in [-0.25, -0.2) is 4.98 Å². The maximum Gasteiger partial charge on any atom is 0.261 e. The van der Waals surface area contributed by atoms with Gasteiger partial charge in [-0.1, -0.05) is 12.1 Å². The van der Waals surface area contributed by atoms with Crippen LogP contribution in [-0.4, -0.2) is 17.0 Å². The molecule has 0 fully saturated rings. The van der Waals surface area contributed by atoms with E-state index in [4.69, 9.17) is 4.74 Å². The lowest BCUT2D eigenvalue weighted by molar-refractivity contribution is -0.127. The Kier molecular flexibility index (Phi) is 5.19. The lowest BCUT2D eigenvalue weighted by atomic mass is 10.1. The zero-order valence-corrected chi connectivity index (χ0v) is 14.5. The van der Waals surface area contributed by atoms with Gasteiger partial charge in [-0.05, 0) is 51.8 Å². The Morgan fingerprint density at radius 3 is 2.68 bits per heavy atom. The van der Waals surface area contributed by atoms with Gasteiger partial charge in [-0.2, -0.15) is 0 Å². The first-order valence-corrected chi connectivity index (χ1v) is 8.13. The number of thiazole rings is 1. The van der Waals surface area contributed by atoms with Crippen LogP contribution in [0.5, 0.6) is 5.75 Å². The topological polar surface area (TPSA) is 51.2 Å². The maximum atomic E-state index is 12.2. The monoisotopic (exact) mass is 318 g/mol. The average Bonchev–Trinajstić information content (AvgIpc) is 2.78. The van der Waals surface area contributed by atoms with Crippen molar-refractivity contribution in [1.82, 2.24) is 10.3 Å². The van der Waals surface area contributed by atoms with Crippen LogP contribution >= 0.6 is 11.3 Å². The van der Waals surface area contributed by atoms with Gasteiger partial charge >= 0.3 is 0 Å². The van der Waals surface area contributed by atoms with Crippen LogP contribution in [0.15, 0.2) is 18.2 Å². The summed E-state index contributed by atoms with van der Waals surface area (Å²) >= 11 is 1.61. The van der Waals surface area contributed by atoms with E-state index in [1.54, 1.807) is 18.3 Å². The van der Waals surface area contributed by atoms with E-state index in [0.717, 1.165) is 32.5 Å². The Morgan fingerprint density at radius 1 is 1.32 bits per heavy atom. The highest BCUT2D eigenvalue weighted by Gasteiger charge is 2.16. The summed E-state index contributed by atoms with van der Waals surface area (Å²) in [6, 6.07) is 5.98. The predicted octanol–water partition coefficient (Wildman–Crippen LogP) is 3.46. The first-order chi connectivity index (χ1) is 10.4. The van der Waals surface area contributed by atoms with Crippen molar-refractivity contribution >= 4 is 17.2 Å². The van der Waals surface area contributed by atoms with E-state index in [9.17, 15) is 4.79 Å². The Hall–Kier alpha value is -1.88. The number of aryl methyl sites for hydroxylation is 4. The lowest BCUT2D eigenvalue weighted by Crippen LogP contribution is -2.36. The second-order valence-corrected chi connectivity index (χ2v) is 6.78. The van der Waals surface area contributed by atoms with E-state index in [1.807, 2.05) is 45.9 Å². The summed E-state index contributed by atoms with van der Waals surface area (Å²) in [7, 11) is 0. The molecule has 0 aliphatic carbocycles. The minimum Gasteiger partial charge on any atom is -0.481 e. The third kappa shape index (κ3) is 4.07. The molecule has 0 saturated heterocycles. The fourth-order valence-corrected chi connectivity index (χ4v) is 3.00. The van der Waals surface area contributed by atoms with Crippen molar-refractivity contribution in [1.29, 1.82) is 0 Å². The van der Waals surface area contributed by atoms with E-state index >= 15 is 0 Å².